The molecule has 0 saturated heterocycles. The molecule has 2 aromatic rings. The van der Waals surface area contributed by atoms with Crippen LogP contribution in [-0.2, 0) is 4.79 Å². The number of hydrogen-bond acceptors (Lipinski definition) is 3. The van der Waals surface area contributed by atoms with Crippen LogP contribution in [0.2, 0.25) is 0 Å². The lowest BCUT2D eigenvalue weighted by atomic mass is 10.1. The zero-order chi connectivity index (χ0) is 18.1. The Morgan fingerprint density at radius 1 is 1.00 bits per heavy atom. The molecule has 0 aliphatic heterocycles. The highest BCUT2D eigenvalue weighted by molar-refractivity contribution is 5.78. The van der Waals surface area contributed by atoms with E-state index in [-0.39, 0.29) is 18.6 Å². The third-order valence-corrected chi connectivity index (χ3v) is 3.65. The van der Waals surface area contributed by atoms with Gasteiger partial charge in [0, 0.05) is 0 Å². The van der Waals surface area contributed by atoms with Gasteiger partial charge in [-0.05, 0) is 36.8 Å². The van der Waals surface area contributed by atoms with E-state index < -0.39 is 0 Å². The van der Waals surface area contributed by atoms with Gasteiger partial charge in [0.1, 0.15) is 24.1 Å². The molecule has 0 unspecified atom stereocenters. The molecule has 2 rings (SSSR count). The van der Waals surface area contributed by atoms with E-state index in [9.17, 15) is 4.79 Å². The van der Waals surface area contributed by atoms with Crippen LogP contribution in [-0.4, -0.2) is 39.8 Å². The molecule has 2 aromatic carbocycles. The first-order valence-electron chi connectivity index (χ1n) is 8.57. The lowest BCUT2D eigenvalue weighted by Crippen LogP contribution is -3.06. The zero-order valence-electron chi connectivity index (χ0n) is 15.1. The number of quaternary nitrogens is 1. The van der Waals surface area contributed by atoms with Crippen molar-refractivity contribution < 1.29 is 19.2 Å². The highest BCUT2D eigenvalue weighted by Crippen LogP contribution is 2.17. The van der Waals surface area contributed by atoms with Gasteiger partial charge in [-0.15, -0.1) is 0 Å². The van der Waals surface area contributed by atoms with Gasteiger partial charge in [-0.1, -0.05) is 30.3 Å². The van der Waals surface area contributed by atoms with Gasteiger partial charge in [-0.25, -0.2) is 0 Å². The van der Waals surface area contributed by atoms with Crippen molar-refractivity contribution in [2.24, 2.45) is 0 Å². The molecular weight excluding hydrogens is 316 g/mol. The van der Waals surface area contributed by atoms with Crippen LogP contribution in [0.25, 0.3) is 0 Å². The number of carbonyl (C=O) groups excluding carboxylic acids is 1. The molecule has 2 N–H and O–H groups in total. The Balaban J connectivity index is 1.90. The Kier molecular flexibility index (Phi) is 7.29. The topological polar surface area (TPSA) is 52.0 Å². The Bertz CT molecular complexity index is 642. The maximum Gasteiger partial charge on any atom is 0.258 e. The second-order valence-electron chi connectivity index (χ2n) is 6.14. The van der Waals surface area contributed by atoms with Crippen LogP contribution >= 0.6 is 0 Å². The van der Waals surface area contributed by atoms with E-state index >= 15 is 0 Å². The van der Waals surface area contributed by atoms with E-state index in [4.69, 9.17) is 9.47 Å². The Labute approximate surface area is 149 Å². The summed E-state index contributed by atoms with van der Waals surface area (Å²) in [7, 11) is 4.14. The second-order valence-corrected chi connectivity index (χ2v) is 6.14. The SMILES string of the molecule is CCOc1ccc(OCC(=O)N[C@H](C[NH+](C)C)c2ccccc2)cc1. The molecule has 0 aromatic heterocycles. The molecule has 0 radical (unpaired) electrons. The fourth-order valence-electron chi connectivity index (χ4n) is 2.53. The van der Waals surface area contributed by atoms with Gasteiger partial charge in [-0.3, -0.25) is 4.79 Å². The number of benzene rings is 2. The van der Waals surface area contributed by atoms with Crippen LogP contribution in [0.3, 0.4) is 0 Å². The highest BCUT2D eigenvalue weighted by atomic mass is 16.5. The molecule has 0 fully saturated rings. The number of carbonyl (C=O) groups is 1. The molecule has 1 amide bonds. The predicted molar refractivity (Wildman–Crippen MR) is 98.1 cm³/mol. The first kappa shape index (κ1) is 18.8. The van der Waals surface area contributed by atoms with Crippen molar-refractivity contribution in [1.29, 1.82) is 0 Å². The van der Waals surface area contributed by atoms with E-state index in [1.807, 2.05) is 49.4 Å². The Hall–Kier alpha value is -2.53. The summed E-state index contributed by atoms with van der Waals surface area (Å²) in [5.41, 5.74) is 1.10. The summed E-state index contributed by atoms with van der Waals surface area (Å²) < 4.78 is 11.0. The summed E-state index contributed by atoms with van der Waals surface area (Å²) in [6.07, 6.45) is 0. The number of rotatable bonds is 9. The van der Waals surface area contributed by atoms with Crippen LogP contribution in [0.4, 0.5) is 0 Å². The summed E-state index contributed by atoms with van der Waals surface area (Å²) in [5.74, 6) is 1.30. The fourth-order valence-corrected chi connectivity index (χ4v) is 2.53. The summed E-state index contributed by atoms with van der Waals surface area (Å²) in [5, 5.41) is 3.06. The molecule has 0 aliphatic rings. The molecule has 0 aliphatic carbocycles. The van der Waals surface area contributed by atoms with Crippen molar-refractivity contribution in [1.82, 2.24) is 5.32 Å². The monoisotopic (exact) mass is 343 g/mol. The van der Waals surface area contributed by atoms with Crippen LogP contribution in [0.15, 0.2) is 54.6 Å². The highest BCUT2D eigenvalue weighted by Gasteiger charge is 2.17. The largest absolute Gasteiger partial charge is 0.494 e. The van der Waals surface area contributed by atoms with Crippen molar-refractivity contribution in [3.05, 3.63) is 60.2 Å². The molecular formula is C20H27N2O3+. The minimum absolute atomic E-state index is 0.0138. The third kappa shape index (κ3) is 6.47. The van der Waals surface area contributed by atoms with Crippen LogP contribution < -0.4 is 19.7 Å². The first-order valence-corrected chi connectivity index (χ1v) is 8.57. The normalized spacial score (nSPS) is 11.8. The van der Waals surface area contributed by atoms with Crippen molar-refractivity contribution in [3.63, 3.8) is 0 Å². The van der Waals surface area contributed by atoms with Crippen molar-refractivity contribution >= 4 is 5.91 Å². The van der Waals surface area contributed by atoms with Gasteiger partial charge in [0.05, 0.1) is 20.7 Å². The molecule has 5 heteroatoms. The maximum absolute atomic E-state index is 12.3. The molecule has 134 valence electrons. The average molecular weight is 343 g/mol. The second kappa shape index (κ2) is 9.69. The summed E-state index contributed by atoms with van der Waals surface area (Å²) in [6, 6.07) is 17.2. The zero-order valence-corrected chi connectivity index (χ0v) is 15.1. The van der Waals surface area contributed by atoms with Gasteiger partial charge in [-0.2, -0.15) is 0 Å². The number of amides is 1. The fraction of sp³-hybridized carbons (Fsp3) is 0.350. The molecule has 25 heavy (non-hydrogen) atoms. The minimum Gasteiger partial charge on any atom is -0.494 e. The molecule has 0 spiro atoms. The average Bonchev–Trinajstić information content (AvgIpc) is 2.61. The third-order valence-electron chi connectivity index (χ3n) is 3.65. The summed E-state index contributed by atoms with van der Waals surface area (Å²) >= 11 is 0. The molecule has 0 heterocycles. The predicted octanol–water partition coefficient (Wildman–Crippen LogP) is 1.47. The van der Waals surface area contributed by atoms with Crippen molar-refractivity contribution in [2.75, 3.05) is 33.9 Å². The number of hydrogen-bond donors (Lipinski definition) is 2. The quantitative estimate of drug-likeness (QED) is 0.725. The maximum atomic E-state index is 12.3. The molecule has 1 atom stereocenters. The van der Waals surface area contributed by atoms with Crippen LogP contribution in [0, 0.1) is 0 Å². The lowest BCUT2D eigenvalue weighted by molar-refractivity contribution is -0.860. The smallest absolute Gasteiger partial charge is 0.258 e. The Morgan fingerprint density at radius 2 is 1.60 bits per heavy atom. The molecule has 0 bridgehead atoms. The van der Waals surface area contributed by atoms with E-state index in [2.05, 4.69) is 19.4 Å². The first-order chi connectivity index (χ1) is 12.1. The van der Waals surface area contributed by atoms with E-state index in [0.717, 1.165) is 17.9 Å². The summed E-state index contributed by atoms with van der Waals surface area (Å²) in [6.45, 7) is 3.35. The van der Waals surface area contributed by atoms with Crippen molar-refractivity contribution in [3.8, 4) is 11.5 Å². The van der Waals surface area contributed by atoms with E-state index in [0.29, 0.717) is 12.4 Å². The van der Waals surface area contributed by atoms with Crippen LogP contribution in [0.1, 0.15) is 18.5 Å². The van der Waals surface area contributed by atoms with Gasteiger partial charge < -0.3 is 19.7 Å². The molecule has 5 nitrogen and oxygen atoms in total. The number of nitrogens with one attached hydrogen (secondary N) is 2. The number of likely N-dealkylation sites (N-methyl/N-ethyl adjacent to an activating group) is 1. The van der Waals surface area contributed by atoms with E-state index in [1.54, 1.807) is 12.1 Å². The van der Waals surface area contributed by atoms with Gasteiger partial charge in [0.15, 0.2) is 6.61 Å². The number of ether oxygens (including phenoxy) is 2. The standard InChI is InChI=1S/C20H26N2O3/c1-4-24-17-10-12-18(13-11-17)25-15-20(23)21-19(14-22(2)3)16-8-6-5-7-9-16/h5-13,19H,4,14-15H2,1-3H3,(H,21,23)/p+1/t19-/m1/s1. The van der Waals surface area contributed by atoms with Gasteiger partial charge in [0.25, 0.3) is 5.91 Å². The van der Waals surface area contributed by atoms with Crippen LogP contribution in [0.5, 0.6) is 11.5 Å². The lowest BCUT2D eigenvalue weighted by Gasteiger charge is -2.21. The molecule has 0 saturated carbocycles. The van der Waals surface area contributed by atoms with Gasteiger partial charge in [0.2, 0.25) is 0 Å². The van der Waals surface area contributed by atoms with E-state index in [1.165, 1.54) is 4.90 Å². The summed E-state index contributed by atoms with van der Waals surface area (Å²) in [4.78, 5) is 13.5. The van der Waals surface area contributed by atoms with Crippen molar-refractivity contribution in [2.45, 2.75) is 13.0 Å². The minimum atomic E-state index is -0.135. The Morgan fingerprint density at radius 3 is 2.16 bits per heavy atom. The van der Waals surface area contributed by atoms with Gasteiger partial charge >= 0.3 is 0 Å².